The van der Waals surface area contributed by atoms with Gasteiger partial charge in [0.1, 0.15) is 6.29 Å². The van der Waals surface area contributed by atoms with Gasteiger partial charge in [0, 0.05) is 6.54 Å². The highest BCUT2D eigenvalue weighted by Gasteiger charge is 2.26. The van der Waals surface area contributed by atoms with Crippen molar-refractivity contribution in [2.75, 3.05) is 13.1 Å². The summed E-state index contributed by atoms with van der Waals surface area (Å²) < 4.78 is 0. The van der Waals surface area contributed by atoms with E-state index in [1.54, 1.807) is 4.90 Å². The first-order chi connectivity index (χ1) is 5.29. The van der Waals surface area contributed by atoms with Crippen LogP contribution < -0.4 is 5.73 Å². The molecule has 0 saturated carbocycles. The predicted octanol–water partition coefficient (Wildman–Crippen LogP) is -0.865. The molecule has 1 aliphatic rings. The summed E-state index contributed by atoms with van der Waals surface area (Å²) in [5.74, 6) is -0.125. The van der Waals surface area contributed by atoms with E-state index in [1.165, 1.54) is 0 Å². The van der Waals surface area contributed by atoms with Gasteiger partial charge in [-0.2, -0.15) is 0 Å². The van der Waals surface area contributed by atoms with Crippen LogP contribution in [0.4, 0.5) is 0 Å². The van der Waals surface area contributed by atoms with Crippen molar-refractivity contribution in [1.29, 1.82) is 0 Å². The van der Waals surface area contributed by atoms with Gasteiger partial charge in [0.05, 0.1) is 12.6 Å². The molecule has 1 rings (SSSR count). The molecule has 0 aliphatic carbocycles. The molecule has 4 nitrogen and oxygen atoms in total. The summed E-state index contributed by atoms with van der Waals surface area (Å²) in [7, 11) is 0. The first-order valence-electron chi connectivity index (χ1n) is 3.74. The number of nitrogens with two attached hydrogens (primary N) is 1. The highest BCUT2D eigenvalue weighted by molar-refractivity contribution is 5.81. The average molecular weight is 156 g/mol. The van der Waals surface area contributed by atoms with E-state index in [0.717, 1.165) is 19.1 Å². The Morgan fingerprint density at radius 1 is 1.73 bits per heavy atom. The van der Waals surface area contributed by atoms with Crippen LogP contribution >= 0.6 is 0 Å². The maximum Gasteiger partial charge on any atom is 0.236 e. The van der Waals surface area contributed by atoms with Gasteiger partial charge in [-0.1, -0.05) is 0 Å². The van der Waals surface area contributed by atoms with Crippen molar-refractivity contribution in [3.8, 4) is 0 Å². The standard InChI is InChI=1S/C7H12N2O2/c8-4-7(11)9-3-1-2-6(9)5-10/h5-6H,1-4,8H2. The van der Waals surface area contributed by atoms with E-state index in [1.807, 2.05) is 0 Å². The Kier molecular flexibility index (Phi) is 2.59. The lowest BCUT2D eigenvalue weighted by molar-refractivity contribution is -0.133. The molecule has 1 amide bonds. The maximum atomic E-state index is 11.0. The summed E-state index contributed by atoms with van der Waals surface area (Å²) in [6.45, 7) is 0.684. The van der Waals surface area contributed by atoms with Crippen molar-refractivity contribution in [1.82, 2.24) is 4.90 Å². The molecule has 1 unspecified atom stereocenters. The van der Waals surface area contributed by atoms with Gasteiger partial charge in [0.2, 0.25) is 5.91 Å². The molecule has 2 N–H and O–H groups in total. The Hall–Kier alpha value is -0.900. The van der Waals surface area contributed by atoms with E-state index in [-0.39, 0.29) is 18.5 Å². The second kappa shape index (κ2) is 3.48. The number of hydrogen-bond donors (Lipinski definition) is 1. The van der Waals surface area contributed by atoms with Gasteiger partial charge in [-0.3, -0.25) is 4.79 Å². The van der Waals surface area contributed by atoms with Crippen LogP contribution in [-0.4, -0.2) is 36.2 Å². The number of rotatable bonds is 2. The van der Waals surface area contributed by atoms with Crippen molar-refractivity contribution in [3.63, 3.8) is 0 Å². The molecule has 1 fully saturated rings. The summed E-state index contributed by atoms with van der Waals surface area (Å²) in [5.41, 5.74) is 5.16. The van der Waals surface area contributed by atoms with Gasteiger partial charge in [-0.25, -0.2) is 0 Å². The number of aldehydes is 1. The number of likely N-dealkylation sites (tertiary alicyclic amines) is 1. The second-order valence-electron chi connectivity index (χ2n) is 2.64. The predicted molar refractivity (Wildman–Crippen MR) is 39.9 cm³/mol. The minimum atomic E-state index is -0.217. The minimum Gasteiger partial charge on any atom is -0.332 e. The Labute approximate surface area is 65.3 Å². The first kappa shape index (κ1) is 8.20. The third-order valence-electron chi connectivity index (χ3n) is 1.95. The number of carbonyl (C=O) groups is 2. The lowest BCUT2D eigenvalue weighted by atomic mass is 10.2. The molecular formula is C7H12N2O2. The molecule has 0 aromatic heterocycles. The smallest absolute Gasteiger partial charge is 0.236 e. The fraction of sp³-hybridized carbons (Fsp3) is 0.714. The van der Waals surface area contributed by atoms with Gasteiger partial charge in [0.15, 0.2) is 0 Å². The van der Waals surface area contributed by atoms with Crippen LogP contribution in [0.2, 0.25) is 0 Å². The lowest BCUT2D eigenvalue weighted by Gasteiger charge is -2.18. The summed E-state index contributed by atoms with van der Waals surface area (Å²) >= 11 is 0. The van der Waals surface area contributed by atoms with Gasteiger partial charge >= 0.3 is 0 Å². The van der Waals surface area contributed by atoms with Gasteiger partial charge in [-0.05, 0) is 12.8 Å². The van der Waals surface area contributed by atoms with Crippen LogP contribution in [0.3, 0.4) is 0 Å². The van der Waals surface area contributed by atoms with Crippen LogP contribution in [0.15, 0.2) is 0 Å². The monoisotopic (exact) mass is 156 g/mol. The van der Waals surface area contributed by atoms with Gasteiger partial charge in [0.25, 0.3) is 0 Å². The maximum absolute atomic E-state index is 11.0. The molecule has 1 heterocycles. The number of amides is 1. The van der Waals surface area contributed by atoms with Crippen molar-refractivity contribution < 1.29 is 9.59 Å². The van der Waals surface area contributed by atoms with Crippen LogP contribution in [-0.2, 0) is 9.59 Å². The summed E-state index contributed by atoms with van der Waals surface area (Å²) in [5, 5.41) is 0. The molecule has 1 saturated heterocycles. The Bertz CT molecular complexity index is 170. The first-order valence-corrected chi connectivity index (χ1v) is 3.74. The summed E-state index contributed by atoms with van der Waals surface area (Å²) in [6.07, 6.45) is 2.52. The van der Waals surface area contributed by atoms with Crippen molar-refractivity contribution in [2.45, 2.75) is 18.9 Å². The molecule has 11 heavy (non-hydrogen) atoms. The van der Waals surface area contributed by atoms with E-state index < -0.39 is 0 Å². The summed E-state index contributed by atoms with van der Waals surface area (Å²) in [4.78, 5) is 23.0. The third-order valence-corrected chi connectivity index (χ3v) is 1.95. The number of hydrogen-bond acceptors (Lipinski definition) is 3. The van der Waals surface area contributed by atoms with E-state index in [2.05, 4.69) is 0 Å². The van der Waals surface area contributed by atoms with Crippen LogP contribution in [0.25, 0.3) is 0 Å². The molecule has 62 valence electrons. The SMILES string of the molecule is NCC(=O)N1CCCC1C=O. The molecule has 0 radical (unpaired) electrons. The van der Waals surface area contributed by atoms with Crippen LogP contribution in [0, 0.1) is 0 Å². The van der Waals surface area contributed by atoms with Gasteiger partial charge < -0.3 is 15.4 Å². The van der Waals surface area contributed by atoms with Crippen molar-refractivity contribution in [3.05, 3.63) is 0 Å². The Morgan fingerprint density at radius 3 is 3.00 bits per heavy atom. The topological polar surface area (TPSA) is 63.4 Å². The van der Waals surface area contributed by atoms with Gasteiger partial charge in [-0.15, -0.1) is 0 Å². The van der Waals surface area contributed by atoms with E-state index >= 15 is 0 Å². The normalized spacial score (nSPS) is 23.7. The zero-order valence-electron chi connectivity index (χ0n) is 6.32. The fourth-order valence-corrected chi connectivity index (χ4v) is 1.36. The van der Waals surface area contributed by atoms with Crippen molar-refractivity contribution >= 4 is 12.2 Å². The Balaban J connectivity index is 2.56. The molecule has 0 aromatic carbocycles. The van der Waals surface area contributed by atoms with E-state index in [9.17, 15) is 9.59 Å². The highest BCUT2D eigenvalue weighted by atomic mass is 16.2. The zero-order chi connectivity index (χ0) is 8.27. The van der Waals surface area contributed by atoms with Crippen LogP contribution in [0.1, 0.15) is 12.8 Å². The van der Waals surface area contributed by atoms with E-state index in [0.29, 0.717) is 6.54 Å². The van der Waals surface area contributed by atoms with Crippen LogP contribution in [0.5, 0.6) is 0 Å². The molecule has 0 spiro atoms. The average Bonchev–Trinajstić information content (AvgIpc) is 2.50. The third kappa shape index (κ3) is 1.57. The molecular weight excluding hydrogens is 144 g/mol. The molecule has 0 bridgehead atoms. The van der Waals surface area contributed by atoms with E-state index in [4.69, 9.17) is 5.73 Å². The quantitative estimate of drug-likeness (QED) is 0.529. The number of carbonyl (C=O) groups excluding carboxylic acids is 2. The Morgan fingerprint density at radius 2 is 2.45 bits per heavy atom. The fourth-order valence-electron chi connectivity index (χ4n) is 1.36. The summed E-state index contributed by atoms with van der Waals surface area (Å²) in [6, 6.07) is -0.217. The molecule has 0 aromatic rings. The van der Waals surface area contributed by atoms with Crippen molar-refractivity contribution in [2.24, 2.45) is 5.73 Å². The molecule has 1 atom stereocenters. The number of nitrogens with zero attached hydrogens (tertiary/aromatic N) is 1. The zero-order valence-corrected chi connectivity index (χ0v) is 6.32. The largest absolute Gasteiger partial charge is 0.332 e. The second-order valence-corrected chi connectivity index (χ2v) is 2.64. The lowest BCUT2D eigenvalue weighted by Crippen LogP contribution is -2.40. The molecule has 4 heteroatoms. The minimum absolute atomic E-state index is 0.00431. The molecule has 1 aliphatic heterocycles. The highest BCUT2D eigenvalue weighted by Crippen LogP contribution is 2.14.